The Morgan fingerprint density at radius 3 is 2.08 bits per heavy atom. The van der Waals surface area contributed by atoms with Gasteiger partial charge in [-0.05, 0) is 42.0 Å². The minimum atomic E-state index is -3.52. The first kappa shape index (κ1) is 19.7. The highest BCUT2D eigenvalue weighted by atomic mass is 35.5. The molecule has 5 nitrogen and oxygen atoms in total. The molecule has 134 valence electrons. The van der Waals surface area contributed by atoms with Crippen LogP contribution in [0.25, 0.3) is 0 Å². The van der Waals surface area contributed by atoms with E-state index >= 15 is 0 Å². The molecule has 0 radical (unpaired) electrons. The molecule has 0 aromatic heterocycles. The van der Waals surface area contributed by atoms with Crippen LogP contribution in [0.5, 0.6) is 0 Å². The van der Waals surface area contributed by atoms with Crippen LogP contribution in [0.15, 0.2) is 47.4 Å². The number of hydrogen-bond donors (Lipinski definition) is 0. The smallest absolute Gasteiger partial charge is 0.253 e. The van der Waals surface area contributed by atoms with Crippen molar-refractivity contribution >= 4 is 39.1 Å². The molecule has 0 spiro atoms. The second kappa shape index (κ2) is 7.74. The van der Waals surface area contributed by atoms with Crippen LogP contribution in [0, 0.1) is 0 Å². The monoisotopic (exact) mass is 400 g/mol. The van der Waals surface area contributed by atoms with Gasteiger partial charge in [0, 0.05) is 33.3 Å². The molecular weight excluding hydrogens is 383 g/mol. The Morgan fingerprint density at radius 1 is 0.960 bits per heavy atom. The van der Waals surface area contributed by atoms with Gasteiger partial charge >= 0.3 is 0 Å². The summed E-state index contributed by atoms with van der Waals surface area (Å²) in [5.74, 6) is -0.222. The third-order valence-corrected chi connectivity index (χ3v) is 6.20. The van der Waals surface area contributed by atoms with Gasteiger partial charge in [-0.25, -0.2) is 12.7 Å². The first-order valence-electron chi connectivity index (χ1n) is 7.35. The van der Waals surface area contributed by atoms with Crippen LogP contribution in [-0.2, 0) is 16.6 Å². The Hall–Kier alpha value is -1.60. The molecule has 25 heavy (non-hydrogen) atoms. The number of sulfonamides is 1. The van der Waals surface area contributed by atoms with E-state index in [2.05, 4.69) is 0 Å². The van der Waals surface area contributed by atoms with E-state index in [1.165, 1.54) is 43.3 Å². The van der Waals surface area contributed by atoms with Crippen molar-refractivity contribution in [3.8, 4) is 0 Å². The van der Waals surface area contributed by atoms with E-state index < -0.39 is 10.0 Å². The Kier molecular flexibility index (Phi) is 6.11. The number of benzene rings is 2. The van der Waals surface area contributed by atoms with Crippen molar-refractivity contribution in [3.63, 3.8) is 0 Å². The second-order valence-electron chi connectivity index (χ2n) is 5.72. The van der Waals surface area contributed by atoms with E-state index in [0.29, 0.717) is 22.2 Å². The third kappa shape index (κ3) is 4.52. The third-order valence-electron chi connectivity index (χ3n) is 3.63. The minimum absolute atomic E-state index is 0.140. The quantitative estimate of drug-likeness (QED) is 0.771. The topological polar surface area (TPSA) is 57.7 Å². The van der Waals surface area contributed by atoms with Crippen LogP contribution in [0.4, 0.5) is 0 Å². The number of carbonyl (C=O) groups is 1. The fourth-order valence-corrected chi connectivity index (χ4v) is 3.41. The number of halogens is 2. The summed E-state index contributed by atoms with van der Waals surface area (Å²) in [6.07, 6.45) is 0. The van der Waals surface area contributed by atoms with Crippen molar-refractivity contribution in [2.24, 2.45) is 0 Å². The van der Waals surface area contributed by atoms with Crippen LogP contribution in [0.3, 0.4) is 0 Å². The van der Waals surface area contributed by atoms with E-state index in [-0.39, 0.29) is 10.8 Å². The molecule has 0 aliphatic heterocycles. The maximum Gasteiger partial charge on any atom is 0.253 e. The van der Waals surface area contributed by atoms with Crippen molar-refractivity contribution < 1.29 is 13.2 Å². The van der Waals surface area contributed by atoms with Gasteiger partial charge in [0.15, 0.2) is 0 Å². The highest BCUT2D eigenvalue weighted by Crippen LogP contribution is 2.23. The van der Waals surface area contributed by atoms with E-state index in [1.54, 1.807) is 25.2 Å². The molecule has 2 aromatic carbocycles. The van der Waals surface area contributed by atoms with E-state index in [0.717, 1.165) is 9.87 Å². The molecule has 8 heteroatoms. The lowest BCUT2D eigenvalue weighted by Crippen LogP contribution is -2.26. The fraction of sp³-hybridized carbons (Fsp3) is 0.235. The molecular formula is C17H18Cl2N2O3S. The van der Waals surface area contributed by atoms with Gasteiger partial charge in [0.1, 0.15) is 0 Å². The molecule has 0 bridgehead atoms. The van der Waals surface area contributed by atoms with Crippen molar-refractivity contribution in [2.75, 3.05) is 21.1 Å². The molecule has 0 saturated heterocycles. The number of nitrogens with zero attached hydrogens (tertiary/aromatic N) is 2. The first-order valence-corrected chi connectivity index (χ1v) is 9.54. The Balaban J connectivity index is 2.15. The van der Waals surface area contributed by atoms with Crippen molar-refractivity contribution in [3.05, 3.63) is 63.6 Å². The maximum absolute atomic E-state index is 12.5. The van der Waals surface area contributed by atoms with Gasteiger partial charge in [0.05, 0.1) is 14.9 Å². The van der Waals surface area contributed by atoms with Crippen LogP contribution >= 0.6 is 23.2 Å². The van der Waals surface area contributed by atoms with Gasteiger partial charge in [-0.3, -0.25) is 4.79 Å². The van der Waals surface area contributed by atoms with Crippen LogP contribution < -0.4 is 0 Å². The summed E-state index contributed by atoms with van der Waals surface area (Å²) >= 11 is 11.9. The molecule has 0 aliphatic rings. The Morgan fingerprint density at radius 2 is 1.56 bits per heavy atom. The summed E-state index contributed by atoms with van der Waals surface area (Å²) in [6.45, 7) is 0.355. The largest absolute Gasteiger partial charge is 0.337 e. The molecule has 0 saturated carbocycles. The second-order valence-corrected chi connectivity index (χ2v) is 8.69. The minimum Gasteiger partial charge on any atom is -0.337 e. The summed E-state index contributed by atoms with van der Waals surface area (Å²) in [4.78, 5) is 14.2. The molecule has 0 N–H and O–H groups in total. The Bertz CT molecular complexity index is 881. The van der Waals surface area contributed by atoms with Gasteiger partial charge in [0.25, 0.3) is 5.91 Å². The molecule has 2 aromatic rings. The Labute approximate surface area is 157 Å². The zero-order chi connectivity index (χ0) is 18.8. The first-order chi connectivity index (χ1) is 11.6. The predicted molar refractivity (Wildman–Crippen MR) is 99.6 cm³/mol. The SMILES string of the molecule is CN(Cc1ccc(Cl)c(Cl)c1)C(=O)c1ccc(S(=O)(=O)N(C)C)cc1. The van der Waals surface area contributed by atoms with Gasteiger partial charge in [-0.2, -0.15) is 0 Å². The van der Waals surface area contributed by atoms with Crippen molar-refractivity contribution in [1.29, 1.82) is 0 Å². The highest BCUT2D eigenvalue weighted by Gasteiger charge is 2.18. The molecule has 2 rings (SSSR count). The number of hydrogen-bond acceptors (Lipinski definition) is 3. The molecule has 0 unspecified atom stereocenters. The lowest BCUT2D eigenvalue weighted by molar-refractivity contribution is 0.0785. The van der Waals surface area contributed by atoms with Crippen molar-refractivity contribution in [1.82, 2.24) is 9.21 Å². The number of amides is 1. The van der Waals surface area contributed by atoms with Crippen LogP contribution in [0.1, 0.15) is 15.9 Å². The lowest BCUT2D eigenvalue weighted by atomic mass is 10.1. The standard InChI is InChI=1S/C17H18Cl2N2O3S/c1-20(2)25(23,24)14-7-5-13(6-8-14)17(22)21(3)11-12-4-9-15(18)16(19)10-12/h4-10H,11H2,1-3H3. The predicted octanol–water partition coefficient (Wildman–Crippen LogP) is 3.52. The molecule has 0 fully saturated rings. The van der Waals surface area contributed by atoms with E-state index in [9.17, 15) is 13.2 Å². The number of carbonyl (C=O) groups excluding carboxylic acids is 1. The van der Waals surface area contributed by atoms with Crippen molar-refractivity contribution in [2.45, 2.75) is 11.4 Å². The number of rotatable bonds is 5. The molecule has 0 atom stereocenters. The summed E-state index contributed by atoms with van der Waals surface area (Å²) in [7, 11) is 1.06. The van der Waals surface area contributed by atoms with Gasteiger partial charge in [0.2, 0.25) is 10.0 Å². The van der Waals surface area contributed by atoms with E-state index in [4.69, 9.17) is 23.2 Å². The summed E-state index contributed by atoms with van der Waals surface area (Å²) in [5.41, 5.74) is 1.25. The molecule has 1 amide bonds. The molecule has 0 aliphatic carbocycles. The zero-order valence-electron chi connectivity index (χ0n) is 14.0. The summed E-state index contributed by atoms with van der Waals surface area (Å²) < 4.78 is 25.2. The van der Waals surface area contributed by atoms with Gasteiger partial charge in [-0.15, -0.1) is 0 Å². The van der Waals surface area contributed by atoms with Gasteiger partial charge in [-0.1, -0.05) is 29.3 Å². The van der Waals surface area contributed by atoms with Crippen LogP contribution in [0.2, 0.25) is 10.0 Å². The molecule has 0 heterocycles. The van der Waals surface area contributed by atoms with Crippen LogP contribution in [-0.4, -0.2) is 44.7 Å². The average Bonchev–Trinajstić information content (AvgIpc) is 2.57. The lowest BCUT2D eigenvalue weighted by Gasteiger charge is -2.18. The zero-order valence-corrected chi connectivity index (χ0v) is 16.4. The summed E-state index contributed by atoms with van der Waals surface area (Å²) in [5, 5.41) is 0.885. The van der Waals surface area contributed by atoms with Gasteiger partial charge < -0.3 is 4.90 Å². The maximum atomic E-state index is 12.5. The average molecular weight is 401 g/mol. The fourth-order valence-electron chi connectivity index (χ4n) is 2.18. The van der Waals surface area contributed by atoms with E-state index in [1.807, 2.05) is 0 Å². The highest BCUT2D eigenvalue weighted by molar-refractivity contribution is 7.89. The summed E-state index contributed by atoms with van der Waals surface area (Å²) in [6, 6.07) is 11.0. The normalized spacial score (nSPS) is 11.6.